The summed E-state index contributed by atoms with van der Waals surface area (Å²) < 4.78 is 0. The van der Waals surface area contributed by atoms with Crippen LogP contribution >= 0.6 is 24.0 Å². The van der Waals surface area contributed by atoms with Crippen LogP contribution in [0.3, 0.4) is 0 Å². The SMILES string of the molecule is C[C@@H]1CN(Cc2cccc(Cl)c2)[C@@H](C)CN1.Cl. The van der Waals surface area contributed by atoms with Crippen molar-refractivity contribution >= 4 is 24.0 Å². The second-order valence-corrected chi connectivity index (χ2v) is 5.15. The molecule has 1 aromatic rings. The van der Waals surface area contributed by atoms with Crippen LogP contribution < -0.4 is 5.32 Å². The fourth-order valence-electron chi connectivity index (χ4n) is 2.19. The van der Waals surface area contributed by atoms with Crippen molar-refractivity contribution < 1.29 is 0 Å². The van der Waals surface area contributed by atoms with E-state index >= 15 is 0 Å². The first kappa shape index (κ1) is 14.8. The average molecular weight is 275 g/mol. The minimum absolute atomic E-state index is 0. The predicted molar refractivity (Wildman–Crippen MR) is 76.0 cm³/mol. The molecule has 1 aromatic carbocycles. The molecule has 2 atom stereocenters. The summed E-state index contributed by atoms with van der Waals surface area (Å²) in [6.07, 6.45) is 0. The number of nitrogens with zero attached hydrogens (tertiary/aromatic N) is 1. The molecule has 4 heteroatoms. The summed E-state index contributed by atoms with van der Waals surface area (Å²) >= 11 is 6.00. The molecule has 0 saturated carbocycles. The first-order chi connectivity index (χ1) is 7.65. The number of benzene rings is 1. The normalized spacial score (nSPS) is 25.4. The third-order valence-corrected chi connectivity index (χ3v) is 3.40. The van der Waals surface area contributed by atoms with Crippen molar-refractivity contribution in [1.82, 2.24) is 10.2 Å². The highest BCUT2D eigenvalue weighted by molar-refractivity contribution is 6.30. The summed E-state index contributed by atoms with van der Waals surface area (Å²) in [4.78, 5) is 2.51. The van der Waals surface area contributed by atoms with Gasteiger partial charge in [-0.2, -0.15) is 0 Å². The van der Waals surface area contributed by atoms with Crippen molar-refractivity contribution in [3.8, 4) is 0 Å². The van der Waals surface area contributed by atoms with Gasteiger partial charge in [0.2, 0.25) is 0 Å². The van der Waals surface area contributed by atoms with Gasteiger partial charge < -0.3 is 5.32 Å². The van der Waals surface area contributed by atoms with Crippen molar-refractivity contribution in [2.75, 3.05) is 13.1 Å². The molecule has 2 nitrogen and oxygen atoms in total. The van der Waals surface area contributed by atoms with Crippen LogP contribution in [0.5, 0.6) is 0 Å². The Kier molecular flexibility index (Phi) is 5.74. The Morgan fingerprint density at radius 2 is 2.18 bits per heavy atom. The van der Waals surface area contributed by atoms with Crippen molar-refractivity contribution in [2.45, 2.75) is 32.5 Å². The smallest absolute Gasteiger partial charge is 0.0409 e. The van der Waals surface area contributed by atoms with E-state index in [0.29, 0.717) is 12.1 Å². The molecule has 1 fully saturated rings. The van der Waals surface area contributed by atoms with Crippen LogP contribution in [-0.4, -0.2) is 30.1 Å². The Hall–Kier alpha value is -0.280. The van der Waals surface area contributed by atoms with E-state index in [9.17, 15) is 0 Å². The number of halogens is 2. The largest absolute Gasteiger partial charge is 0.311 e. The lowest BCUT2D eigenvalue weighted by atomic mass is 10.1. The summed E-state index contributed by atoms with van der Waals surface area (Å²) in [5, 5.41) is 4.32. The minimum Gasteiger partial charge on any atom is -0.311 e. The summed E-state index contributed by atoms with van der Waals surface area (Å²) in [6, 6.07) is 9.32. The quantitative estimate of drug-likeness (QED) is 0.892. The van der Waals surface area contributed by atoms with Gasteiger partial charge in [0.05, 0.1) is 0 Å². The molecule has 0 spiro atoms. The van der Waals surface area contributed by atoms with E-state index in [1.807, 2.05) is 12.1 Å². The molecule has 0 aliphatic carbocycles. The van der Waals surface area contributed by atoms with Crippen molar-refractivity contribution in [1.29, 1.82) is 0 Å². The molecule has 0 unspecified atom stereocenters. The van der Waals surface area contributed by atoms with E-state index in [2.05, 4.69) is 36.2 Å². The third kappa shape index (κ3) is 4.14. The lowest BCUT2D eigenvalue weighted by molar-refractivity contribution is 0.139. The van der Waals surface area contributed by atoms with E-state index in [1.165, 1.54) is 5.56 Å². The highest BCUT2D eigenvalue weighted by Gasteiger charge is 2.21. The van der Waals surface area contributed by atoms with E-state index in [0.717, 1.165) is 24.7 Å². The van der Waals surface area contributed by atoms with Gasteiger partial charge in [-0.3, -0.25) is 4.90 Å². The second kappa shape index (κ2) is 6.60. The van der Waals surface area contributed by atoms with Gasteiger partial charge in [0.1, 0.15) is 0 Å². The number of piperazine rings is 1. The number of hydrogen-bond donors (Lipinski definition) is 1. The lowest BCUT2D eigenvalue weighted by Crippen LogP contribution is -2.53. The second-order valence-electron chi connectivity index (χ2n) is 4.72. The average Bonchev–Trinajstić information content (AvgIpc) is 2.24. The zero-order valence-electron chi connectivity index (χ0n) is 10.3. The van der Waals surface area contributed by atoms with Crippen LogP contribution in [0.15, 0.2) is 24.3 Å². The molecule has 1 N–H and O–H groups in total. The van der Waals surface area contributed by atoms with Crippen molar-refractivity contribution in [2.24, 2.45) is 0 Å². The van der Waals surface area contributed by atoms with Gasteiger partial charge in [-0.05, 0) is 31.5 Å². The standard InChI is InChI=1S/C13H19ClN2.ClH/c1-10-8-16(11(2)7-15-10)9-12-4-3-5-13(14)6-12;/h3-6,10-11,15H,7-9H2,1-2H3;1H/t10-,11+;/m1./s1. The maximum absolute atomic E-state index is 6.00. The van der Waals surface area contributed by atoms with Crippen LogP contribution in [0.2, 0.25) is 5.02 Å². The summed E-state index contributed by atoms with van der Waals surface area (Å²) in [7, 11) is 0. The van der Waals surface area contributed by atoms with E-state index in [1.54, 1.807) is 0 Å². The topological polar surface area (TPSA) is 15.3 Å². The third-order valence-electron chi connectivity index (χ3n) is 3.17. The van der Waals surface area contributed by atoms with Gasteiger partial charge in [0.15, 0.2) is 0 Å². The zero-order chi connectivity index (χ0) is 11.5. The van der Waals surface area contributed by atoms with Crippen LogP contribution in [0, 0.1) is 0 Å². The molecule has 0 bridgehead atoms. The molecule has 1 heterocycles. The van der Waals surface area contributed by atoms with Gasteiger partial charge in [-0.15, -0.1) is 12.4 Å². The minimum atomic E-state index is 0. The number of hydrogen-bond acceptors (Lipinski definition) is 2. The fraction of sp³-hybridized carbons (Fsp3) is 0.538. The highest BCUT2D eigenvalue weighted by atomic mass is 35.5. The molecule has 2 rings (SSSR count). The van der Waals surface area contributed by atoms with Gasteiger partial charge in [0.25, 0.3) is 0 Å². The Morgan fingerprint density at radius 3 is 2.88 bits per heavy atom. The fourth-order valence-corrected chi connectivity index (χ4v) is 2.40. The first-order valence-electron chi connectivity index (χ1n) is 5.87. The molecule has 1 saturated heterocycles. The van der Waals surface area contributed by atoms with E-state index < -0.39 is 0 Å². The molecular weight excluding hydrogens is 255 g/mol. The highest BCUT2D eigenvalue weighted by Crippen LogP contribution is 2.15. The molecule has 96 valence electrons. The van der Waals surface area contributed by atoms with Crippen molar-refractivity contribution in [3.05, 3.63) is 34.9 Å². The Bertz CT molecular complexity index is 357. The molecule has 0 radical (unpaired) electrons. The van der Waals surface area contributed by atoms with E-state index in [4.69, 9.17) is 11.6 Å². The Morgan fingerprint density at radius 1 is 1.41 bits per heavy atom. The molecule has 0 aromatic heterocycles. The summed E-state index contributed by atoms with van der Waals surface area (Å²) in [6.45, 7) is 7.67. The summed E-state index contributed by atoms with van der Waals surface area (Å²) in [5.41, 5.74) is 1.30. The molecule has 1 aliphatic heterocycles. The maximum Gasteiger partial charge on any atom is 0.0409 e. The van der Waals surface area contributed by atoms with E-state index in [-0.39, 0.29) is 12.4 Å². The lowest BCUT2D eigenvalue weighted by Gasteiger charge is -2.37. The maximum atomic E-state index is 6.00. The first-order valence-corrected chi connectivity index (χ1v) is 6.25. The Labute approximate surface area is 115 Å². The van der Waals surface area contributed by atoms with Crippen LogP contribution in [0.4, 0.5) is 0 Å². The monoisotopic (exact) mass is 274 g/mol. The molecule has 0 amide bonds. The zero-order valence-corrected chi connectivity index (χ0v) is 11.9. The van der Waals surface area contributed by atoms with Gasteiger partial charge >= 0.3 is 0 Å². The number of nitrogens with one attached hydrogen (secondary N) is 1. The van der Waals surface area contributed by atoms with Gasteiger partial charge in [-0.25, -0.2) is 0 Å². The number of rotatable bonds is 2. The van der Waals surface area contributed by atoms with Crippen molar-refractivity contribution in [3.63, 3.8) is 0 Å². The molecule has 1 aliphatic rings. The molecule has 17 heavy (non-hydrogen) atoms. The molecular formula is C13H20Cl2N2. The summed E-state index contributed by atoms with van der Waals surface area (Å²) in [5.74, 6) is 0. The predicted octanol–water partition coefficient (Wildman–Crippen LogP) is 2.94. The Balaban J connectivity index is 0.00000144. The van der Waals surface area contributed by atoms with Crippen LogP contribution in [0.25, 0.3) is 0 Å². The van der Waals surface area contributed by atoms with Crippen LogP contribution in [-0.2, 0) is 6.54 Å². The van der Waals surface area contributed by atoms with Crippen LogP contribution in [0.1, 0.15) is 19.4 Å². The van der Waals surface area contributed by atoms with Gasteiger partial charge in [0, 0.05) is 36.7 Å². The van der Waals surface area contributed by atoms with Gasteiger partial charge in [-0.1, -0.05) is 23.7 Å².